The molecule has 0 aromatic heterocycles. The SMILES string of the molecule is CC(C)CCCOC(=O)c1cc(Cl)cc(S(=O)(=O)Cl)c1Cl. The van der Waals surface area contributed by atoms with Crippen LogP contribution >= 0.6 is 33.9 Å². The van der Waals surface area contributed by atoms with E-state index in [2.05, 4.69) is 13.8 Å². The summed E-state index contributed by atoms with van der Waals surface area (Å²) >= 11 is 11.7. The Morgan fingerprint density at radius 1 is 1.29 bits per heavy atom. The molecule has 0 aliphatic carbocycles. The lowest BCUT2D eigenvalue weighted by Crippen LogP contribution is -2.09. The number of ether oxygens (including phenoxy) is 1. The summed E-state index contributed by atoms with van der Waals surface area (Å²) in [6.07, 6.45) is 1.63. The lowest BCUT2D eigenvalue weighted by molar-refractivity contribution is 0.0494. The molecule has 0 amide bonds. The molecule has 0 aliphatic heterocycles. The second-order valence-corrected chi connectivity index (χ2v) is 8.22. The predicted octanol–water partition coefficient (Wildman–Crippen LogP) is 4.51. The minimum absolute atomic E-state index is 0.0350. The number of rotatable bonds is 6. The topological polar surface area (TPSA) is 60.4 Å². The monoisotopic (exact) mass is 372 g/mol. The van der Waals surface area contributed by atoms with Gasteiger partial charge >= 0.3 is 5.97 Å². The molecule has 0 N–H and O–H groups in total. The third-order valence-electron chi connectivity index (χ3n) is 2.65. The van der Waals surface area contributed by atoms with Crippen LogP contribution in [0.5, 0.6) is 0 Å². The zero-order valence-corrected chi connectivity index (χ0v) is 14.6. The fraction of sp³-hybridized carbons (Fsp3) is 0.462. The molecule has 1 rings (SSSR count). The van der Waals surface area contributed by atoms with E-state index in [0.717, 1.165) is 12.5 Å². The molecule has 0 radical (unpaired) electrons. The second-order valence-electron chi connectivity index (χ2n) is 4.88. The zero-order chi connectivity index (χ0) is 16.2. The highest BCUT2D eigenvalue weighted by atomic mass is 35.7. The minimum Gasteiger partial charge on any atom is -0.462 e. The van der Waals surface area contributed by atoms with Gasteiger partial charge in [0, 0.05) is 15.7 Å². The Hall–Kier alpha value is -0.490. The molecule has 0 unspecified atom stereocenters. The Morgan fingerprint density at radius 2 is 1.90 bits per heavy atom. The van der Waals surface area contributed by atoms with Gasteiger partial charge in [-0.2, -0.15) is 0 Å². The summed E-state index contributed by atoms with van der Waals surface area (Å²) in [6.45, 7) is 4.35. The number of benzene rings is 1. The van der Waals surface area contributed by atoms with Gasteiger partial charge in [0.25, 0.3) is 9.05 Å². The molecule has 0 saturated heterocycles. The number of hydrogen-bond donors (Lipinski definition) is 0. The van der Waals surface area contributed by atoms with Crippen LogP contribution < -0.4 is 0 Å². The first-order valence-corrected chi connectivity index (χ1v) is 9.30. The molecule has 118 valence electrons. The summed E-state index contributed by atoms with van der Waals surface area (Å²) in [5.41, 5.74) is -0.118. The summed E-state index contributed by atoms with van der Waals surface area (Å²) in [6, 6.07) is 2.34. The van der Waals surface area contributed by atoms with Crippen LogP contribution in [0.15, 0.2) is 17.0 Å². The standard InChI is InChI=1S/C13H15Cl3O4S/c1-8(2)4-3-5-20-13(17)10-6-9(14)7-11(12(10)15)21(16,18)19/h6-8H,3-5H2,1-2H3. The van der Waals surface area contributed by atoms with E-state index in [1.807, 2.05) is 0 Å². The van der Waals surface area contributed by atoms with E-state index < -0.39 is 19.9 Å². The molecule has 1 aromatic carbocycles. The lowest BCUT2D eigenvalue weighted by Gasteiger charge is -2.10. The van der Waals surface area contributed by atoms with Crippen molar-refractivity contribution in [2.45, 2.75) is 31.6 Å². The smallest absolute Gasteiger partial charge is 0.339 e. The van der Waals surface area contributed by atoms with E-state index in [-0.39, 0.29) is 22.2 Å². The third-order valence-corrected chi connectivity index (χ3v) is 4.73. The van der Waals surface area contributed by atoms with Crippen LogP contribution in [-0.4, -0.2) is 21.0 Å². The Labute approximate surface area is 138 Å². The van der Waals surface area contributed by atoms with Crippen molar-refractivity contribution in [1.82, 2.24) is 0 Å². The molecular weight excluding hydrogens is 359 g/mol. The van der Waals surface area contributed by atoms with Crippen molar-refractivity contribution >= 4 is 48.9 Å². The fourth-order valence-corrected chi connectivity index (χ4v) is 3.47. The average molecular weight is 374 g/mol. The molecule has 0 aliphatic rings. The molecule has 4 nitrogen and oxygen atoms in total. The van der Waals surface area contributed by atoms with Crippen LogP contribution in [0.4, 0.5) is 0 Å². The van der Waals surface area contributed by atoms with Crippen LogP contribution in [0.3, 0.4) is 0 Å². The summed E-state index contributed by atoms with van der Waals surface area (Å²) in [5, 5.41) is -0.254. The molecule has 0 fully saturated rings. The van der Waals surface area contributed by atoms with Crippen LogP contribution in [0.25, 0.3) is 0 Å². The number of hydrogen-bond acceptors (Lipinski definition) is 4. The summed E-state index contributed by atoms with van der Waals surface area (Å²) in [4.78, 5) is 11.5. The highest BCUT2D eigenvalue weighted by molar-refractivity contribution is 8.13. The number of halogens is 3. The molecule has 1 aromatic rings. The number of carbonyl (C=O) groups excluding carboxylic acids is 1. The van der Waals surface area contributed by atoms with Gasteiger partial charge in [-0.25, -0.2) is 13.2 Å². The average Bonchev–Trinajstić information content (AvgIpc) is 2.35. The molecule has 0 saturated carbocycles. The zero-order valence-electron chi connectivity index (χ0n) is 11.5. The van der Waals surface area contributed by atoms with Gasteiger partial charge < -0.3 is 4.74 Å². The highest BCUT2D eigenvalue weighted by Crippen LogP contribution is 2.32. The van der Waals surface area contributed by atoms with Crippen molar-refractivity contribution in [2.24, 2.45) is 5.92 Å². The largest absolute Gasteiger partial charge is 0.462 e. The molecule has 0 heterocycles. The molecule has 0 bridgehead atoms. The van der Waals surface area contributed by atoms with Crippen molar-refractivity contribution in [2.75, 3.05) is 6.61 Å². The maximum atomic E-state index is 11.9. The number of esters is 1. The van der Waals surface area contributed by atoms with Crippen molar-refractivity contribution in [3.8, 4) is 0 Å². The molecule has 8 heteroatoms. The fourth-order valence-electron chi connectivity index (χ4n) is 1.62. The number of carbonyl (C=O) groups is 1. The second kappa shape index (κ2) is 7.68. The molecule has 21 heavy (non-hydrogen) atoms. The summed E-state index contributed by atoms with van der Waals surface area (Å²) < 4.78 is 27.8. The van der Waals surface area contributed by atoms with E-state index in [4.69, 9.17) is 38.6 Å². The van der Waals surface area contributed by atoms with Gasteiger partial charge in [0.1, 0.15) is 4.90 Å². The normalized spacial score (nSPS) is 11.7. The van der Waals surface area contributed by atoms with Crippen LogP contribution in [0, 0.1) is 5.92 Å². The van der Waals surface area contributed by atoms with E-state index in [0.29, 0.717) is 12.3 Å². The van der Waals surface area contributed by atoms with Gasteiger partial charge in [-0.3, -0.25) is 0 Å². The minimum atomic E-state index is -4.10. The Bertz CT molecular complexity index is 627. The van der Waals surface area contributed by atoms with Crippen molar-refractivity contribution in [1.29, 1.82) is 0 Å². The Morgan fingerprint density at radius 3 is 2.43 bits per heavy atom. The van der Waals surface area contributed by atoms with E-state index in [9.17, 15) is 13.2 Å². The van der Waals surface area contributed by atoms with Crippen molar-refractivity contribution in [3.05, 3.63) is 27.7 Å². The Balaban J connectivity index is 2.93. The summed E-state index contributed by atoms with van der Waals surface area (Å²) in [5.74, 6) is -0.223. The third kappa shape index (κ3) is 5.66. The van der Waals surface area contributed by atoms with Crippen molar-refractivity contribution < 1.29 is 17.9 Å². The first-order valence-electron chi connectivity index (χ1n) is 6.23. The first-order chi connectivity index (χ1) is 9.62. The first kappa shape index (κ1) is 18.6. The van der Waals surface area contributed by atoms with E-state index in [1.54, 1.807) is 0 Å². The van der Waals surface area contributed by atoms with Gasteiger partial charge in [-0.1, -0.05) is 37.0 Å². The Kier molecular flexibility index (Phi) is 6.78. The maximum absolute atomic E-state index is 11.9. The van der Waals surface area contributed by atoms with Gasteiger partial charge in [-0.15, -0.1) is 0 Å². The summed E-state index contributed by atoms with van der Waals surface area (Å²) in [7, 11) is 1.15. The molecule has 0 spiro atoms. The van der Waals surface area contributed by atoms with Crippen LogP contribution in [0.2, 0.25) is 10.0 Å². The van der Waals surface area contributed by atoms with Crippen LogP contribution in [-0.2, 0) is 13.8 Å². The predicted molar refractivity (Wildman–Crippen MR) is 83.9 cm³/mol. The van der Waals surface area contributed by atoms with Crippen molar-refractivity contribution in [3.63, 3.8) is 0 Å². The van der Waals surface area contributed by atoms with Gasteiger partial charge in [-0.05, 0) is 30.9 Å². The molecular formula is C13H15Cl3O4S. The van der Waals surface area contributed by atoms with Gasteiger partial charge in [0.05, 0.1) is 17.2 Å². The van der Waals surface area contributed by atoms with Crippen LogP contribution in [0.1, 0.15) is 37.0 Å². The lowest BCUT2D eigenvalue weighted by atomic mass is 10.1. The highest BCUT2D eigenvalue weighted by Gasteiger charge is 2.23. The maximum Gasteiger partial charge on any atom is 0.339 e. The quantitative estimate of drug-likeness (QED) is 0.418. The van der Waals surface area contributed by atoms with Gasteiger partial charge in [0.15, 0.2) is 0 Å². The van der Waals surface area contributed by atoms with Gasteiger partial charge in [0.2, 0.25) is 0 Å². The molecule has 0 atom stereocenters. The van der Waals surface area contributed by atoms with E-state index in [1.165, 1.54) is 6.07 Å². The van der Waals surface area contributed by atoms with E-state index >= 15 is 0 Å².